The topological polar surface area (TPSA) is 115 Å². The number of alkyl halides is 3. The van der Waals surface area contributed by atoms with E-state index in [0.717, 1.165) is 18.5 Å². The third kappa shape index (κ3) is 7.21. The summed E-state index contributed by atoms with van der Waals surface area (Å²) >= 11 is 0. The van der Waals surface area contributed by atoms with E-state index in [1.165, 1.54) is 12.1 Å². The van der Waals surface area contributed by atoms with E-state index < -0.39 is 49.2 Å². The van der Waals surface area contributed by atoms with Crippen LogP contribution < -0.4 is 0 Å². The van der Waals surface area contributed by atoms with Gasteiger partial charge in [0.25, 0.3) is 5.89 Å². The molecule has 3 heterocycles. The second kappa shape index (κ2) is 13.0. The van der Waals surface area contributed by atoms with Crippen LogP contribution in [0, 0.1) is 5.92 Å². The highest BCUT2D eigenvalue weighted by atomic mass is 28.4. The highest BCUT2D eigenvalue weighted by Gasteiger charge is 2.47. The lowest BCUT2D eigenvalue weighted by Gasteiger charge is -2.48. The summed E-state index contributed by atoms with van der Waals surface area (Å²) < 4.78 is 60.3. The van der Waals surface area contributed by atoms with Crippen LogP contribution in [0.15, 0.2) is 63.6 Å². The largest absolute Gasteiger partial charge is 0.481 e. The smallest absolute Gasteiger partial charge is 0.422 e. The van der Waals surface area contributed by atoms with Gasteiger partial charge in [0.1, 0.15) is 11.3 Å². The average Bonchev–Trinajstić information content (AvgIpc) is 3.69. The van der Waals surface area contributed by atoms with Crippen LogP contribution in [0.4, 0.5) is 13.2 Å². The predicted molar refractivity (Wildman–Crippen MR) is 173 cm³/mol. The molecule has 47 heavy (non-hydrogen) atoms. The van der Waals surface area contributed by atoms with Crippen molar-refractivity contribution < 1.29 is 36.5 Å². The molecule has 0 bridgehead atoms. The van der Waals surface area contributed by atoms with E-state index in [0.29, 0.717) is 31.5 Å². The minimum absolute atomic E-state index is 0.0732. The number of halogens is 3. The first-order chi connectivity index (χ1) is 22.0. The third-order valence-corrected chi connectivity index (χ3v) is 14.0. The van der Waals surface area contributed by atoms with Gasteiger partial charge in [0.15, 0.2) is 8.32 Å². The van der Waals surface area contributed by atoms with Crippen molar-refractivity contribution in [1.82, 2.24) is 20.2 Å². The molecule has 0 aliphatic carbocycles. The highest BCUT2D eigenvalue weighted by Crippen LogP contribution is 2.45. The van der Waals surface area contributed by atoms with Gasteiger partial charge in [-0.3, -0.25) is 9.69 Å². The van der Waals surface area contributed by atoms with E-state index >= 15 is 0 Å². The Hall–Kier alpha value is -3.81. The maximum atomic E-state index is 14.2. The Labute approximate surface area is 273 Å². The number of piperidine rings is 1. The predicted octanol–water partition coefficient (Wildman–Crippen LogP) is 8.50. The van der Waals surface area contributed by atoms with Gasteiger partial charge in [-0.2, -0.15) is 18.2 Å². The third-order valence-electron chi connectivity index (χ3n) is 9.47. The molecule has 1 N–H and O–H groups in total. The van der Waals surface area contributed by atoms with E-state index in [-0.39, 0.29) is 22.1 Å². The Bertz CT molecular complexity index is 1680. The first-order valence-electron chi connectivity index (χ1n) is 15.8. The molecule has 2 atom stereocenters. The number of carbonyl (C=O) groups is 1. The van der Waals surface area contributed by atoms with Gasteiger partial charge in [-0.15, -0.1) is 0 Å². The van der Waals surface area contributed by atoms with E-state index in [2.05, 4.69) is 61.0 Å². The number of likely N-dealkylation sites (tertiary alicyclic amines) is 1. The number of hydrogen-bond donors (Lipinski definition) is 1. The monoisotopic (exact) mass is 670 g/mol. The van der Waals surface area contributed by atoms with Gasteiger partial charge in [0.05, 0.1) is 11.5 Å². The fraction of sp³-hybridized carbons (Fsp3) is 0.471. The number of benzene rings is 2. The van der Waals surface area contributed by atoms with Crippen LogP contribution in [-0.2, 0) is 21.0 Å². The van der Waals surface area contributed by atoms with Crippen LogP contribution in [0.5, 0.6) is 0 Å². The molecule has 0 saturated carbocycles. The van der Waals surface area contributed by atoms with E-state index in [4.69, 9.17) is 13.5 Å². The summed E-state index contributed by atoms with van der Waals surface area (Å²) in [7, 11) is -2.31. The van der Waals surface area contributed by atoms with Gasteiger partial charge < -0.3 is 18.6 Å². The van der Waals surface area contributed by atoms with Crippen molar-refractivity contribution in [3.63, 3.8) is 0 Å². The van der Waals surface area contributed by atoms with Gasteiger partial charge in [-0.1, -0.05) is 92.6 Å². The minimum Gasteiger partial charge on any atom is -0.481 e. The Morgan fingerprint density at radius 3 is 2.30 bits per heavy atom. The Morgan fingerprint density at radius 1 is 1.02 bits per heavy atom. The number of aliphatic carboxylic acids is 1. The van der Waals surface area contributed by atoms with Crippen molar-refractivity contribution in [3.8, 4) is 34.3 Å². The quantitative estimate of drug-likeness (QED) is 0.166. The molecule has 1 fully saturated rings. The number of hydrogen-bond acceptors (Lipinski definition) is 8. The molecule has 4 aromatic rings. The fourth-order valence-corrected chi connectivity index (χ4v) is 7.43. The molecule has 1 aliphatic rings. The Balaban J connectivity index is 1.48. The first kappa shape index (κ1) is 34.5. The zero-order valence-corrected chi connectivity index (χ0v) is 28.5. The molecule has 2 aromatic carbocycles. The standard InChI is InChI=1S/C34H41F3N4O5Si/c1-7-33(46-47(5,6)32(2,3)4,21-41-19-11-14-24(20-41)31(42)43)25-17-15-23(16-18-25)29-38-30(45-40-29)28-26(34(35,36)37)27(39-44-28)22-12-9-8-10-13-22/h8-10,12-13,15-18,24H,7,11,14,19-21H2,1-6H3,(H,42,43). The molecule has 252 valence electrons. The molecule has 9 nitrogen and oxygen atoms in total. The lowest BCUT2D eigenvalue weighted by molar-refractivity contribution is -0.144. The maximum Gasteiger partial charge on any atom is 0.422 e. The van der Waals surface area contributed by atoms with Crippen molar-refractivity contribution in [1.29, 1.82) is 0 Å². The van der Waals surface area contributed by atoms with Crippen LogP contribution in [0.1, 0.15) is 58.1 Å². The van der Waals surface area contributed by atoms with Gasteiger partial charge in [0.2, 0.25) is 11.6 Å². The van der Waals surface area contributed by atoms with Gasteiger partial charge in [-0.05, 0) is 49.5 Å². The van der Waals surface area contributed by atoms with E-state index in [9.17, 15) is 23.1 Å². The van der Waals surface area contributed by atoms with Crippen LogP contribution in [-0.4, -0.2) is 59.2 Å². The van der Waals surface area contributed by atoms with Crippen LogP contribution >= 0.6 is 0 Å². The summed E-state index contributed by atoms with van der Waals surface area (Å²) in [5.41, 5.74) is -0.490. The maximum absolute atomic E-state index is 14.2. The van der Waals surface area contributed by atoms with E-state index in [1.54, 1.807) is 30.3 Å². The van der Waals surface area contributed by atoms with Crippen LogP contribution in [0.2, 0.25) is 18.1 Å². The summed E-state index contributed by atoms with van der Waals surface area (Å²) in [6, 6.07) is 15.4. The number of nitrogens with zero attached hydrogens (tertiary/aromatic N) is 4. The molecular formula is C34H41F3N4O5Si. The Morgan fingerprint density at radius 2 is 1.70 bits per heavy atom. The minimum atomic E-state index is -4.79. The lowest BCUT2D eigenvalue weighted by atomic mass is 9.88. The normalized spacial score (nSPS) is 17.9. The second-order valence-corrected chi connectivity index (χ2v) is 18.4. The molecule has 0 radical (unpaired) electrons. The summed E-state index contributed by atoms with van der Waals surface area (Å²) in [4.78, 5) is 18.3. The van der Waals surface area contributed by atoms with Gasteiger partial charge in [-0.25, -0.2) is 0 Å². The number of carboxylic acids is 1. The van der Waals surface area contributed by atoms with Crippen LogP contribution in [0.25, 0.3) is 34.3 Å². The number of carboxylic acid groups (broad SMARTS) is 1. The van der Waals surface area contributed by atoms with Crippen molar-refractivity contribution in [2.45, 2.75) is 76.9 Å². The van der Waals surface area contributed by atoms with Gasteiger partial charge >= 0.3 is 12.1 Å². The highest BCUT2D eigenvalue weighted by molar-refractivity contribution is 6.74. The van der Waals surface area contributed by atoms with Crippen molar-refractivity contribution in [3.05, 3.63) is 65.7 Å². The second-order valence-electron chi connectivity index (χ2n) is 13.7. The molecule has 1 saturated heterocycles. The summed E-state index contributed by atoms with van der Waals surface area (Å²) in [5, 5.41) is 17.3. The van der Waals surface area contributed by atoms with E-state index in [1.807, 2.05) is 12.1 Å². The molecule has 5 rings (SSSR count). The number of aromatic nitrogens is 3. The molecule has 2 aromatic heterocycles. The molecule has 0 spiro atoms. The first-order valence-corrected chi connectivity index (χ1v) is 18.7. The van der Waals surface area contributed by atoms with Crippen molar-refractivity contribution >= 4 is 14.3 Å². The van der Waals surface area contributed by atoms with Crippen LogP contribution in [0.3, 0.4) is 0 Å². The zero-order chi connectivity index (χ0) is 34.2. The lowest BCUT2D eigenvalue weighted by Crippen LogP contribution is -2.54. The molecular weight excluding hydrogens is 629 g/mol. The molecule has 1 aliphatic heterocycles. The number of rotatable bonds is 10. The Kier molecular flexibility index (Phi) is 9.55. The average molecular weight is 671 g/mol. The SMILES string of the molecule is CCC(CN1CCCC(C(=O)O)C1)(O[Si](C)(C)C(C)(C)C)c1ccc(-c2noc(-c3onc(-c4ccccc4)c3C(F)(F)F)n2)cc1. The molecule has 13 heteroatoms. The zero-order valence-electron chi connectivity index (χ0n) is 27.5. The summed E-state index contributed by atoms with van der Waals surface area (Å²) in [6.07, 6.45) is -2.69. The van der Waals surface area contributed by atoms with Crippen molar-refractivity contribution in [2.75, 3.05) is 19.6 Å². The molecule has 0 amide bonds. The summed E-state index contributed by atoms with van der Waals surface area (Å²) in [5.74, 6) is -2.21. The van der Waals surface area contributed by atoms with Gasteiger partial charge in [0, 0.05) is 24.2 Å². The summed E-state index contributed by atoms with van der Waals surface area (Å²) in [6.45, 7) is 14.8. The van der Waals surface area contributed by atoms with Crippen molar-refractivity contribution in [2.24, 2.45) is 5.92 Å². The fourth-order valence-electron chi connectivity index (χ4n) is 5.82. The molecule has 2 unspecified atom stereocenters.